The Bertz CT molecular complexity index is 677. The van der Waals surface area contributed by atoms with Crippen LogP contribution in [0.15, 0.2) is 18.2 Å². The molecule has 3 unspecified atom stereocenters. The monoisotopic (exact) mass is 332 g/mol. The first-order valence-electron chi connectivity index (χ1n) is 8.48. The van der Waals surface area contributed by atoms with Gasteiger partial charge in [-0.3, -0.25) is 14.9 Å². The maximum absolute atomic E-state index is 12.6. The van der Waals surface area contributed by atoms with E-state index in [-0.39, 0.29) is 16.9 Å². The number of fused-ring (bicyclic) bond motifs is 1. The number of ether oxygens (including phenoxy) is 2. The van der Waals surface area contributed by atoms with Crippen LogP contribution < -0.4 is 9.47 Å². The van der Waals surface area contributed by atoms with Crippen molar-refractivity contribution in [1.82, 2.24) is 4.90 Å². The number of rotatable bonds is 3. The fourth-order valence-corrected chi connectivity index (χ4v) is 3.66. The number of benzene rings is 1. The van der Waals surface area contributed by atoms with Crippen LogP contribution in [0.2, 0.25) is 0 Å². The van der Waals surface area contributed by atoms with Gasteiger partial charge in [0, 0.05) is 24.3 Å². The van der Waals surface area contributed by atoms with E-state index >= 15 is 0 Å². The van der Waals surface area contributed by atoms with Gasteiger partial charge in [-0.05, 0) is 30.5 Å². The highest BCUT2D eigenvalue weighted by molar-refractivity contribution is 5.83. The highest BCUT2D eigenvalue weighted by Crippen LogP contribution is 2.42. The third-order valence-electron chi connectivity index (χ3n) is 5.04. The molecule has 1 aliphatic carbocycles. The molecule has 3 atom stereocenters. The fourth-order valence-electron chi connectivity index (χ4n) is 3.66. The standard InChI is InChI=1S/C17H20N2O5/c20-17(12-10-14(12)19(21)22)18-6-1-3-13(18)11-4-5-15-16(9-11)24-8-2-7-23-15/h4-5,9,12-14H,1-3,6-8,10H2. The number of amides is 1. The van der Waals surface area contributed by atoms with Gasteiger partial charge in [0.25, 0.3) is 0 Å². The molecule has 7 heteroatoms. The van der Waals surface area contributed by atoms with Crippen molar-refractivity contribution < 1.29 is 19.2 Å². The summed E-state index contributed by atoms with van der Waals surface area (Å²) in [7, 11) is 0. The first-order valence-corrected chi connectivity index (χ1v) is 8.48. The maximum Gasteiger partial charge on any atom is 0.233 e. The van der Waals surface area contributed by atoms with Gasteiger partial charge in [0.05, 0.1) is 19.3 Å². The van der Waals surface area contributed by atoms with Crippen LogP contribution in [-0.2, 0) is 4.79 Å². The van der Waals surface area contributed by atoms with Crippen LogP contribution in [-0.4, -0.2) is 41.5 Å². The molecule has 0 spiro atoms. The topological polar surface area (TPSA) is 81.9 Å². The second-order valence-electron chi connectivity index (χ2n) is 6.64. The summed E-state index contributed by atoms with van der Waals surface area (Å²) in [6, 6.07) is 5.11. The molecule has 7 nitrogen and oxygen atoms in total. The molecule has 0 radical (unpaired) electrons. The molecule has 1 saturated carbocycles. The first kappa shape index (κ1) is 15.2. The van der Waals surface area contributed by atoms with E-state index in [1.807, 2.05) is 23.1 Å². The summed E-state index contributed by atoms with van der Waals surface area (Å²) >= 11 is 0. The van der Waals surface area contributed by atoms with Gasteiger partial charge in [0.15, 0.2) is 11.5 Å². The second-order valence-corrected chi connectivity index (χ2v) is 6.64. The molecule has 0 bridgehead atoms. The van der Waals surface area contributed by atoms with Gasteiger partial charge in [0.2, 0.25) is 11.9 Å². The summed E-state index contributed by atoms with van der Waals surface area (Å²) in [5, 5.41) is 10.8. The third kappa shape index (κ3) is 2.68. The van der Waals surface area contributed by atoms with E-state index in [1.54, 1.807) is 0 Å². The summed E-state index contributed by atoms with van der Waals surface area (Å²) in [5.41, 5.74) is 1.02. The number of likely N-dealkylation sites (tertiary alicyclic amines) is 1. The maximum atomic E-state index is 12.6. The van der Waals surface area contributed by atoms with Crippen molar-refractivity contribution in [3.63, 3.8) is 0 Å². The Hall–Kier alpha value is -2.31. The molecule has 1 aromatic rings. The minimum Gasteiger partial charge on any atom is -0.490 e. The SMILES string of the molecule is O=C(C1CC1[N+](=O)[O-])N1CCCC1c1ccc2c(c1)OCCCO2. The Labute approximate surface area is 139 Å². The van der Waals surface area contributed by atoms with Crippen LogP contribution in [0, 0.1) is 16.0 Å². The molecule has 2 heterocycles. The normalized spacial score (nSPS) is 28.3. The van der Waals surface area contributed by atoms with Gasteiger partial charge in [-0.2, -0.15) is 0 Å². The van der Waals surface area contributed by atoms with E-state index < -0.39 is 12.0 Å². The van der Waals surface area contributed by atoms with Gasteiger partial charge >= 0.3 is 0 Å². The molecule has 1 saturated heterocycles. The van der Waals surface area contributed by atoms with Gasteiger partial charge in [0.1, 0.15) is 5.92 Å². The Morgan fingerprint density at radius 1 is 1.21 bits per heavy atom. The van der Waals surface area contributed by atoms with Crippen molar-refractivity contribution in [1.29, 1.82) is 0 Å². The average molecular weight is 332 g/mol. The van der Waals surface area contributed by atoms with Crippen LogP contribution in [0.25, 0.3) is 0 Å². The summed E-state index contributed by atoms with van der Waals surface area (Å²) in [6.45, 7) is 1.93. The first-order chi connectivity index (χ1) is 11.6. The fraction of sp³-hybridized carbons (Fsp3) is 0.588. The lowest BCUT2D eigenvalue weighted by molar-refractivity contribution is -0.497. The number of carbonyl (C=O) groups is 1. The predicted octanol–water partition coefficient (Wildman–Crippen LogP) is 2.18. The molecule has 0 N–H and O–H groups in total. The van der Waals surface area contributed by atoms with E-state index in [4.69, 9.17) is 9.47 Å². The summed E-state index contributed by atoms with van der Waals surface area (Å²) in [6.07, 6.45) is 3.01. The van der Waals surface area contributed by atoms with Crippen molar-refractivity contribution in [3.05, 3.63) is 33.9 Å². The lowest BCUT2D eigenvalue weighted by Gasteiger charge is -2.25. The molecular formula is C17H20N2O5. The van der Waals surface area contributed by atoms with E-state index in [2.05, 4.69) is 0 Å². The van der Waals surface area contributed by atoms with Crippen LogP contribution >= 0.6 is 0 Å². The van der Waals surface area contributed by atoms with E-state index in [0.29, 0.717) is 26.2 Å². The number of hydrogen-bond acceptors (Lipinski definition) is 5. The van der Waals surface area contributed by atoms with E-state index in [0.717, 1.165) is 36.3 Å². The van der Waals surface area contributed by atoms with E-state index in [9.17, 15) is 14.9 Å². The summed E-state index contributed by atoms with van der Waals surface area (Å²) < 4.78 is 11.4. The molecule has 4 rings (SSSR count). The number of hydrogen-bond donors (Lipinski definition) is 0. The molecule has 0 aromatic heterocycles. The molecule has 3 aliphatic rings. The smallest absolute Gasteiger partial charge is 0.233 e. The van der Waals surface area contributed by atoms with Crippen LogP contribution in [0.1, 0.15) is 37.3 Å². The van der Waals surface area contributed by atoms with Gasteiger partial charge < -0.3 is 14.4 Å². The lowest BCUT2D eigenvalue weighted by Crippen LogP contribution is -2.33. The van der Waals surface area contributed by atoms with Crippen molar-refractivity contribution in [2.75, 3.05) is 19.8 Å². The quantitative estimate of drug-likeness (QED) is 0.626. The molecular weight excluding hydrogens is 312 g/mol. The molecule has 2 aliphatic heterocycles. The van der Waals surface area contributed by atoms with Crippen LogP contribution in [0.4, 0.5) is 0 Å². The Morgan fingerprint density at radius 3 is 2.75 bits per heavy atom. The predicted molar refractivity (Wildman–Crippen MR) is 84.6 cm³/mol. The highest BCUT2D eigenvalue weighted by atomic mass is 16.6. The number of nitrogens with zero attached hydrogens (tertiary/aromatic N) is 2. The largest absolute Gasteiger partial charge is 0.490 e. The molecule has 128 valence electrons. The summed E-state index contributed by atoms with van der Waals surface area (Å²) in [5.74, 6) is 0.939. The zero-order valence-corrected chi connectivity index (χ0v) is 13.3. The van der Waals surface area contributed by atoms with Gasteiger partial charge in [-0.25, -0.2) is 0 Å². The Morgan fingerprint density at radius 2 is 2.00 bits per heavy atom. The second kappa shape index (κ2) is 5.96. The Kier molecular flexibility index (Phi) is 3.78. The molecule has 1 amide bonds. The van der Waals surface area contributed by atoms with Crippen molar-refractivity contribution >= 4 is 5.91 Å². The minimum atomic E-state index is -0.692. The van der Waals surface area contributed by atoms with E-state index in [1.165, 1.54) is 0 Å². The zero-order chi connectivity index (χ0) is 16.7. The molecule has 1 aromatic carbocycles. The number of carbonyl (C=O) groups excluding carboxylic acids is 1. The van der Waals surface area contributed by atoms with Gasteiger partial charge in [-0.15, -0.1) is 0 Å². The molecule has 2 fully saturated rings. The molecule has 24 heavy (non-hydrogen) atoms. The summed E-state index contributed by atoms with van der Waals surface area (Å²) in [4.78, 5) is 24.9. The average Bonchev–Trinajstić information content (AvgIpc) is 3.29. The lowest BCUT2D eigenvalue weighted by atomic mass is 10.0. The minimum absolute atomic E-state index is 0.0253. The van der Waals surface area contributed by atoms with Crippen LogP contribution in [0.3, 0.4) is 0 Å². The zero-order valence-electron chi connectivity index (χ0n) is 13.3. The van der Waals surface area contributed by atoms with Crippen molar-refractivity contribution in [3.8, 4) is 11.5 Å². The Balaban J connectivity index is 1.54. The third-order valence-corrected chi connectivity index (χ3v) is 5.04. The van der Waals surface area contributed by atoms with Crippen molar-refractivity contribution in [2.24, 2.45) is 5.92 Å². The van der Waals surface area contributed by atoms with Gasteiger partial charge in [-0.1, -0.05) is 6.07 Å². The van der Waals surface area contributed by atoms with Crippen molar-refractivity contribution in [2.45, 2.75) is 37.8 Å². The number of nitro groups is 1. The highest BCUT2D eigenvalue weighted by Gasteiger charge is 2.55. The van der Waals surface area contributed by atoms with Crippen LogP contribution in [0.5, 0.6) is 11.5 Å².